The maximum absolute atomic E-state index is 11.9. The van der Waals surface area contributed by atoms with Gasteiger partial charge in [0, 0.05) is 12.2 Å². The van der Waals surface area contributed by atoms with Crippen LogP contribution in [0, 0.1) is 6.92 Å². The summed E-state index contributed by atoms with van der Waals surface area (Å²) in [5.74, 6) is 0.949. The molecule has 24 heavy (non-hydrogen) atoms. The summed E-state index contributed by atoms with van der Waals surface area (Å²) in [6.07, 6.45) is 0. The summed E-state index contributed by atoms with van der Waals surface area (Å²) < 4.78 is 10.7. The van der Waals surface area contributed by atoms with Crippen LogP contribution in [0.4, 0.5) is 0 Å². The van der Waals surface area contributed by atoms with Crippen LogP contribution in [0.3, 0.4) is 0 Å². The normalized spacial score (nSPS) is 10.8. The minimum atomic E-state index is -0.0813. The average Bonchev–Trinajstić information content (AvgIpc) is 3.00. The Balaban J connectivity index is 1.50. The van der Waals surface area contributed by atoms with E-state index in [1.54, 1.807) is 7.11 Å². The second kappa shape index (κ2) is 7.35. The number of fused-ring (bicyclic) bond motifs is 1. The molecule has 2 aromatic heterocycles. The van der Waals surface area contributed by atoms with Crippen LogP contribution in [0.15, 0.2) is 46.0 Å². The number of nitrogens with one attached hydrogen (secondary N) is 1. The first-order valence-corrected chi connectivity index (χ1v) is 8.39. The molecule has 1 amide bonds. The molecule has 0 bridgehead atoms. The van der Waals surface area contributed by atoms with Crippen molar-refractivity contribution in [1.82, 2.24) is 15.3 Å². The van der Waals surface area contributed by atoms with Crippen molar-refractivity contribution in [3.63, 3.8) is 0 Å². The lowest BCUT2D eigenvalue weighted by molar-refractivity contribution is -0.118. The van der Waals surface area contributed by atoms with Gasteiger partial charge in [-0.05, 0) is 36.8 Å². The van der Waals surface area contributed by atoms with Crippen LogP contribution < -0.4 is 10.1 Å². The number of ether oxygens (including phenoxy) is 1. The van der Waals surface area contributed by atoms with Crippen LogP contribution in [0.5, 0.6) is 5.75 Å². The number of hydrogen-bond donors (Lipinski definition) is 1. The first kappa shape index (κ1) is 16.3. The number of carbonyl (C=O) groups is 1. The zero-order chi connectivity index (χ0) is 16.9. The Bertz CT molecular complexity index is 846. The number of thioether (sulfide) groups is 1. The second-order valence-corrected chi connectivity index (χ2v) is 6.09. The Morgan fingerprint density at radius 3 is 2.75 bits per heavy atom. The molecule has 6 nitrogen and oxygen atoms in total. The van der Waals surface area contributed by atoms with Crippen molar-refractivity contribution in [2.75, 3.05) is 12.9 Å². The summed E-state index contributed by atoms with van der Waals surface area (Å²) >= 11 is 1.25. The molecular formula is C17H17N3O3S. The highest BCUT2D eigenvalue weighted by molar-refractivity contribution is 7.99. The topological polar surface area (TPSA) is 77.2 Å². The molecule has 124 valence electrons. The number of rotatable bonds is 6. The van der Waals surface area contributed by atoms with Gasteiger partial charge in [-0.25, -0.2) is 4.98 Å². The predicted octanol–water partition coefficient (Wildman–Crippen LogP) is 2.95. The van der Waals surface area contributed by atoms with Crippen molar-refractivity contribution in [1.29, 1.82) is 0 Å². The van der Waals surface area contributed by atoms with E-state index < -0.39 is 0 Å². The number of amides is 1. The van der Waals surface area contributed by atoms with E-state index in [1.807, 2.05) is 43.3 Å². The van der Waals surface area contributed by atoms with Gasteiger partial charge in [0.05, 0.1) is 12.9 Å². The fraction of sp³-hybridized carbons (Fsp3) is 0.235. The first-order chi connectivity index (χ1) is 11.6. The summed E-state index contributed by atoms with van der Waals surface area (Å²) in [5, 5.41) is 3.31. The number of pyridine rings is 1. The third kappa shape index (κ3) is 4.05. The van der Waals surface area contributed by atoms with Gasteiger partial charge in [0.1, 0.15) is 5.75 Å². The van der Waals surface area contributed by atoms with Crippen LogP contribution >= 0.6 is 11.8 Å². The monoisotopic (exact) mass is 343 g/mol. The lowest BCUT2D eigenvalue weighted by Crippen LogP contribution is -2.24. The molecule has 0 saturated carbocycles. The Morgan fingerprint density at radius 1 is 1.21 bits per heavy atom. The van der Waals surface area contributed by atoms with Crippen LogP contribution in [-0.4, -0.2) is 28.7 Å². The van der Waals surface area contributed by atoms with Crippen molar-refractivity contribution in [3.8, 4) is 5.75 Å². The summed E-state index contributed by atoms with van der Waals surface area (Å²) in [6.45, 7) is 2.37. The van der Waals surface area contributed by atoms with E-state index in [9.17, 15) is 4.79 Å². The van der Waals surface area contributed by atoms with Gasteiger partial charge in [-0.3, -0.25) is 4.79 Å². The summed E-state index contributed by atoms with van der Waals surface area (Å²) in [5.41, 5.74) is 3.08. The van der Waals surface area contributed by atoms with Crippen molar-refractivity contribution in [2.24, 2.45) is 0 Å². The molecule has 0 atom stereocenters. The molecule has 1 N–H and O–H groups in total. The molecule has 0 fully saturated rings. The Morgan fingerprint density at radius 2 is 2.00 bits per heavy atom. The minimum absolute atomic E-state index is 0.0813. The minimum Gasteiger partial charge on any atom is -0.497 e. The number of methoxy groups -OCH3 is 1. The van der Waals surface area contributed by atoms with E-state index in [0.717, 1.165) is 17.0 Å². The number of aromatic nitrogens is 2. The van der Waals surface area contributed by atoms with Gasteiger partial charge >= 0.3 is 0 Å². The smallest absolute Gasteiger partial charge is 0.258 e. The van der Waals surface area contributed by atoms with Crippen molar-refractivity contribution >= 4 is 28.9 Å². The summed E-state index contributed by atoms with van der Waals surface area (Å²) in [6, 6.07) is 11.3. The molecule has 2 heterocycles. The average molecular weight is 343 g/mol. The highest BCUT2D eigenvalue weighted by atomic mass is 32.2. The van der Waals surface area contributed by atoms with Crippen LogP contribution in [0.1, 0.15) is 11.3 Å². The van der Waals surface area contributed by atoms with Crippen LogP contribution in [0.2, 0.25) is 0 Å². The summed E-state index contributed by atoms with van der Waals surface area (Å²) in [7, 11) is 1.62. The zero-order valence-electron chi connectivity index (χ0n) is 13.4. The lowest BCUT2D eigenvalue weighted by atomic mass is 10.2. The summed E-state index contributed by atoms with van der Waals surface area (Å²) in [4.78, 5) is 20.5. The van der Waals surface area contributed by atoms with Crippen molar-refractivity contribution < 1.29 is 13.9 Å². The highest BCUT2D eigenvalue weighted by Crippen LogP contribution is 2.22. The number of aryl methyl sites for hydroxylation is 1. The van der Waals surface area contributed by atoms with Crippen molar-refractivity contribution in [2.45, 2.75) is 18.7 Å². The molecule has 0 saturated heterocycles. The molecular weight excluding hydrogens is 326 g/mol. The maximum atomic E-state index is 11.9. The van der Waals surface area contributed by atoms with E-state index in [0.29, 0.717) is 23.0 Å². The zero-order valence-corrected chi connectivity index (χ0v) is 14.2. The molecule has 7 heteroatoms. The number of benzene rings is 1. The standard InChI is InChI=1S/C17H17N3O3S/c1-11-3-8-14-16(19-11)20-17(23-14)24-10-15(21)18-9-12-4-6-13(22-2)7-5-12/h3-8H,9-10H2,1-2H3,(H,18,21). The molecule has 0 unspecified atom stereocenters. The van der Waals surface area contributed by atoms with Gasteiger partial charge < -0.3 is 14.5 Å². The Hall–Kier alpha value is -2.54. The Labute approximate surface area is 143 Å². The molecule has 0 radical (unpaired) electrons. The van der Waals surface area contributed by atoms with Gasteiger partial charge in [0.15, 0.2) is 11.2 Å². The fourth-order valence-electron chi connectivity index (χ4n) is 2.08. The molecule has 3 aromatic rings. The van der Waals surface area contributed by atoms with Crippen molar-refractivity contribution in [3.05, 3.63) is 47.7 Å². The molecule has 3 rings (SSSR count). The van der Waals surface area contributed by atoms with Gasteiger partial charge in [-0.15, -0.1) is 0 Å². The number of oxazole rings is 1. The van der Waals surface area contributed by atoms with Gasteiger partial charge in [-0.1, -0.05) is 23.9 Å². The van der Waals surface area contributed by atoms with E-state index in [1.165, 1.54) is 11.8 Å². The molecule has 0 aliphatic heterocycles. The lowest BCUT2D eigenvalue weighted by Gasteiger charge is -2.05. The Kier molecular flexibility index (Phi) is 5.00. The molecule has 0 spiro atoms. The van der Waals surface area contributed by atoms with E-state index in [4.69, 9.17) is 9.15 Å². The predicted molar refractivity (Wildman–Crippen MR) is 92.1 cm³/mol. The SMILES string of the molecule is COc1ccc(CNC(=O)CSc2nc3nc(C)ccc3o2)cc1. The number of hydrogen-bond acceptors (Lipinski definition) is 6. The number of carbonyl (C=O) groups excluding carboxylic acids is 1. The molecule has 1 aromatic carbocycles. The quantitative estimate of drug-likeness (QED) is 0.694. The molecule has 0 aliphatic rings. The van der Waals surface area contributed by atoms with Gasteiger partial charge in [0.2, 0.25) is 5.91 Å². The second-order valence-electron chi connectivity index (χ2n) is 5.17. The maximum Gasteiger partial charge on any atom is 0.258 e. The van der Waals surface area contributed by atoms with E-state index >= 15 is 0 Å². The van der Waals surface area contributed by atoms with E-state index in [-0.39, 0.29) is 11.7 Å². The molecule has 0 aliphatic carbocycles. The fourth-order valence-corrected chi connectivity index (χ4v) is 2.73. The third-order valence-electron chi connectivity index (χ3n) is 3.35. The third-order valence-corrected chi connectivity index (χ3v) is 4.18. The van der Waals surface area contributed by atoms with Gasteiger partial charge in [0.25, 0.3) is 5.22 Å². The number of nitrogens with zero attached hydrogens (tertiary/aromatic N) is 2. The van der Waals surface area contributed by atoms with Gasteiger partial charge in [-0.2, -0.15) is 4.98 Å². The van der Waals surface area contributed by atoms with Crippen LogP contribution in [0.25, 0.3) is 11.2 Å². The highest BCUT2D eigenvalue weighted by Gasteiger charge is 2.10. The van der Waals surface area contributed by atoms with Crippen LogP contribution in [-0.2, 0) is 11.3 Å². The van der Waals surface area contributed by atoms with E-state index in [2.05, 4.69) is 15.3 Å². The largest absolute Gasteiger partial charge is 0.497 e. The first-order valence-electron chi connectivity index (χ1n) is 7.40.